The van der Waals surface area contributed by atoms with Gasteiger partial charge in [0.2, 0.25) is 5.17 Å². The number of hydrogen-bond donors (Lipinski definition) is 1. The van der Waals surface area contributed by atoms with E-state index in [0.717, 1.165) is 44.6 Å². The standard InChI is InChI=1S/C25H22BrN5O2S/c1-2-5-22-29-31-23(27)20(24(32)28-25(31)34-22)14-16-15-30(21-7-4-3-6-19(16)21)12-13-33-18-10-8-17(26)9-11-18/h3-4,6-11,14-15,27H,2,5,12-13H2,1H3/b20-14+,27-23?. The molecule has 0 spiro atoms. The van der Waals surface area contributed by atoms with Gasteiger partial charge in [-0.1, -0.05) is 41.1 Å². The molecule has 9 heteroatoms. The molecule has 2 aromatic carbocycles. The fourth-order valence-electron chi connectivity index (χ4n) is 3.87. The zero-order chi connectivity index (χ0) is 23.7. The summed E-state index contributed by atoms with van der Waals surface area (Å²) in [6.45, 7) is 3.21. The van der Waals surface area contributed by atoms with Crippen LogP contribution in [0.5, 0.6) is 5.75 Å². The number of ether oxygens (including phenoxy) is 1. The highest BCUT2D eigenvalue weighted by molar-refractivity contribution is 9.10. The van der Waals surface area contributed by atoms with Gasteiger partial charge in [0.25, 0.3) is 5.91 Å². The zero-order valence-corrected chi connectivity index (χ0v) is 20.9. The summed E-state index contributed by atoms with van der Waals surface area (Å²) < 4.78 is 9.01. The third-order valence-electron chi connectivity index (χ3n) is 5.49. The number of hydrazone groups is 1. The third-order valence-corrected chi connectivity index (χ3v) is 6.99. The Bertz CT molecular complexity index is 1370. The highest BCUT2D eigenvalue weighted by atomic mass is 79.9. The number of aliphatic imine (C=N–C) groups is 1. The molecule has 2 aliphatic heterocycles. The van der Waals surface area contributed by atoms with E-state index in [1.807, 2.05) is 54.7 Å². The summed E-state index contributed by atoms with van der Waals surface area (Å²) >= 11 is 4.80. The van der Waals surface area contributed by atoms with Crippen molar-refractivity contribution in [3.8, 4) is 5.75 Å². The van der Waals surface area contributed by atoms with Gasteiger partial charge in [0, 0.05) is 27.1 Å². The molecular weight excluding hydrogens is 514 g/mol. The van der Waals surface area contributed by atoms with Crippen molar-refractivity contribution in [1.29, 1.82) is 5.41 Å². The van der Waals surface area contributed by atoms with Gasteiger partial charge in [-0.2, -0.15) is 15.1 Å². The Morgan fingerprint density at radius 3 is 2.76 bits per heavy atom. The first-order chi connectivity index (χ1) is 16.5. The van der Waals surface area contributed by atoms with Crippen LogP contribution in [0, 0.1) is 5.41 Å². The Morgan fingerprint density at radius 1 is 1.18 bits per heavy atom. The number of amides is 1. The van der Waals surface area contributed by atoms with Gasteiger partial charge in [-0.25, -0.2) is 0 Å². The van der Waals surface area contributed by atoms with E-state index in [4.69, 9.17) is 10.1 Å². The highest BCUT2D eigenvalue weighted by Crippen LogP contribution is 2.31. The molecule has 2 aliphatic rings. The van der Waals surface area contributed by atoms with Crippen LogP contribution in [0.25, 0.3) is 17.0 Å². The monoisotopic (exact) mass is 535 g/mol. The first-order valence-corrected chi connectivity index (χ1v) is 12.6. The Morgan fingerprint density at radius 2 is 1.97 bits per heavy atom. The number of fused-ring (bicyclic) bond motifs is 2. The topological polar surface area (TPSA) is 83.0 Å². The summed E-state index contributed by atoms with van der Waals surface area (Å²) in [6, 6.07) is 15.8. The second kappa shape index (κ2) is 9.60. The summed E-state index contributed by atoms with van der Waals surface area (Å²) in [6.07, 6.45) is 5.49. The van der Waals surface area contributed by atoms with Crippen LogP contribution in [0.3, 0.4) is 0 Å². The van der Waals surface area contributed by atoms with Crippen molar-refractivity contribution >= 4 is 66.6 Å². The van der Waals surface area contributed by atoms with Crippen LogP contribution in [0.1, 0.15) is 25.3 Å². The molecule has 1 N–H and O–H groups in total. The van der Waals surface area contributed by atoms with E-state index in [2.05, 4.69) is 37.5 Å². The first kappa shape index (κ1) is 22.6. The summed E-state index contributed by atoms with van der Waals surface area (Å²) in [4.78, 5) is 17.0. The van der Waals surface area contributed by atoms with E-state index in [1.54, 1.807) is 6.08 Å². The lowest BCUT2D eigenvalue weighted by molar-refractivity contribution is -0.114. The molecule has 5 rings (SSSR count). The number of benzene rings is 2. The number of thioether (sulfide) groups is 1. The summed E-state index contributed by atoms with van der Waals surface area (Å²) in [5.74, 6) is 0.458. The highest BCUT2D eigenvalue weighted by Gasteiger charge is 2.35. The maximum atomic E-state index is 12.8. The van der Waals surface area contributed by atoms with Gasteiger partial charge in [-0.15, -0.1) is 0 Å². The van der Waals surface area contributed by atoms with Gasteiger partial charge < -0.3 is 9.30 Å². The number of carbonyl (C=O) groups is 1. The lowest BCUT2D eigenvalue weighted by atomic mass is 10.1. The molecular formula is C25H22BrN5O2S. The molecule has 0 unspecified atom stereocenters. The van der Waals surface area contributed by atoms with Gasteiger partial charge in [0.15, 0.2) is 5.84 Å². The third kappa shape index (κ3) is 4.45. The SMILES string of the molecule is CCCC1=NN2C(=N)/C(=C\c3cn(CCOc4ccc(Br)cc4)c4ccccc34)C(=O)N=C2S1. The van der Waals surface area contributed by atoms with Crippen molar-refractivity contribution < 1.29 is 9.53 Å². The van der Waals surface area contributed by atoms with Gasteiger partial charge in [0.05, 0.1) is 12.1 Å². The fourth-order valence-corrected chi connectivity index (χ4v) is 5.12. The van der Waals surface area contributed by atoms with Crippen molar-refractivity contribution in [3.63, 3.8) is 0 Å². The molecule has 34 heavy (non-hydrogen) atoms. The van der Waals surface area contributed by atoms with Crippen LogP contribution >= 0.6 is 27.7 Å². The van der Waals surface area contributed by atoms with Crippen LogP contribution < -0.4 is 4.74 Å². The Balaban J connectivity index is 1.41. The number of nitrogens with zero attached hydrogens (tertiary/aromatic N) is 4. The second-order valence-electron chi connectivity index (χ2n) is 7.86. The van der Waals surface area contributed by atoms with Crippen molar-refractivity contribution in [2.24, 2.45) is 10.1 Å². The predicted molar refractivity (Wildman–Crippen MR) is 141 cm³/mol. The molecule has 0 saturated carbocycles. The van der Waals surface area contributed by atoms with Crippen molar-refractivity contribution in [1.82, 2.24) is 9.58 Å². The molecule has 0 fully saturated rings. The molecule has 0 saturated heterocycles. The maximum Gasteiger partial charge on any atom is 0.283 e. The van der Waals surface area contributed by atoms with Gasteiger partial charge in [-0.05, 0) is 61.0 Å². The number of amidine groups is 2. The normalized spacial score (nSPS) is 16.8. The molecule has 0 radical (unpaired) electrons. The lowest BCUT2D eigenvalue weighted by Crippen LogP contribution is -2.35. The van der Waals surface area contributed by atoms with E-state index in [1.165, 1.54) is 16.8 Å². The van der Waals surface area contributed by atoms with Gasteiger partial charge >= 0.3 is 0 Å². The molecule has 0 aliphatic carbocycles. The number of hydrogen-bond acceptors (Lipinski definition) is 5. The fraction of sp³-hybridized carbons (Fsp3) is 0.200. The lowest BCUT2D eigenvalue weighted by Gasteiger charge is -2.20. The summed E-state index contributed by atoms with van der Waals surface area (Å²) in [5, 5.41) is 16.9. The molecule has 172 valence electrons. The zero-order valence-electron chi connectivity index (χ0n) is 18.5. The Labute approximate surface area is 209 Å². The van der Waals surface area contributed by atoms with Crippen LogP contribution in [0.4, 0.5) is 0 Å². The molecule has 3 aromatic rings. The molecule has 0 bridgehead atoms. The minimum Gasteiger partial charge on any atom is -0.492 e. The summed E-state index contributed by atoms with van der Waals surface area (Å²) in [5.41, 5.74) is 2.13. The molecule has 1 amide bonds. The minimum atomic E-state index is -0.410. The first-order valence-electron chi connectivity index (χ1n) is 11.0. The van der Waals surface area contributed by atoms with Crippen molar-refractivity contribution in [2.45, 2.75) is 26.3 Å². The smallest absolute Gasteiger partial charge is 0.283 e. The minimum absolute atomic E-state index is 0.0593. The average molecular weight is 536 g/mol. The van der Waals surface area contributed by atoms with E-state index in [-0.39, 0.29) is 11.4 Å². The predicted octanol–water partition coefficient (Wildman–Crippen LogP) is 5.90. The number of aromatic nitrogens is 1. The molecule has 1 aromatic heterocycles. The van der Waals surface area contributed by atoms with Crippen LogP contribution in [-0.4, -0.2) is 38.1 Å². The number of rotatable bonds is 7. The van der Waals surface area contributed by atoms with Gasteiger partial charge in [0.1, 0.15) is 17.4 Å². The van der Waals surface area contributed by atoms with Gasteiger partial charge in [-0.3, -0.25) is 10.2 Å². The number of para-hydroxylation sites is 1. The Kier molecular flexibility index (Phi) is 6.38. The van der Waals surface area contributed by atoms with E-state index >= 15 is 0 Å². The molecule has 0 atom stereocenters. The maximum absolute atomic E-state index is 12.8. The Hall–Kier alpha value is -3.17. The summed E-state index contributed by atoms with van der Waals surface area (Å²) in [7, 11) is 0. The molecule has 3 heterocycles. The van der Waals surface area contributed by atoms with Crippen molar-refractivity contribution in [2.75, 3.05) is 6.61 Å². The van der Waals surface area contributed by atoms with Crippen LogP contribution in [0.15, 0.2) is 74.9 Å². The number of nitrogens with one attached hydrogen (secondary N) is 1. The number of carbonyl (C=O) groups excluding carboxylic acids is 1. The van der Waals surface area contributed by atoms with Crippen LogP contribution in [0.2, 0.25) is 0 Å². The molecule has 7 nitrogen and oxygen atoms in total. The quantitative estimate of drug-likeness (QED) is 0.381. The van der Waals surface area contributed by atoms with Crippen LogP contribution in [-0.2, 0) is 11.3 Å². The number of halogens is 1. The van der Waals surface area contributed by atoms with E-state index < -0.39 is 5.91 Å². The van der Waals surface area contributed by atoms with Crippen molar-refractivity contribution in [3.05, 3.63) is 70.3 Å². The second-order valence-corrected chi connectivity index (χ2v) is 9.82. The van der Waals surface area contributed by atoms with E-state index in [9.17, 15) is 4.79 Å². The largest absolute Gasteiger partial charge is 0.492 e. The van der Waals surface area contributed by atoms with E-state index in [0.29, 0.717) is 18.3 Å². The average Bonchev–Trinajstić information content (AvgIpc) is 3.39.